The molecule has 0 bridgehead atoms. The molecule has 1 aliphatic heterocycles. The topological polar surface area (TPSA) is 168 Å². The number of nitrogens with one attached hydrogen (secondary N) is 2. The number of carbonyl (C=O) groups is 1. The fourth-order valence-electron chi connectivity index (χ4n) is 7.37. The van der Waals surface area contributed by atoms with Gasteiger partial charge in [-0.25, -0.2) is 14.8 Å². The SMILES string of the molecule is COc1ccccc1-c1nccc(COc2ccccc2C[C@@H](Oc2nsc3cnc(/C(C=N)=C/NCC(C)C)c(-c4ccc(OCCN5CCN(C)CC5)c(Cl)c4C)c23)C(=O)O)n1. The van der Waals surface area contributed by atoms with E-state index in [2.05, 4.69) is 45.4 Å². The van der Waals surface area contributed by atoms with Crippen molar-refractivity contribution in [2.24, 2.45) is 5.92 Å². The standard InChI is InChI=1S/C48H53ClN8O6S/c1-30(2)26-51-27-33(25-50)45-42(35-14-15-39(44(49)31(35)3)61-23-22-57-20-18-56(4)19-21-57)43-41(28-53-45)64-55-47(43)63-40(48(58)59)24-32-10-6-8-12-37(32)62-29-34-16-17-52-46(54-34)36-11-7-9-13-38(36)60-5/h6-17,25,27-28,30,40,50-51H,18-24,26,29H2,1-5H3,(H,58,59)/b33-27+,50-25?/t40-/m1/s1. The minimum absolute atomic E-state index is 0.0379. The van der Waals surface area contributed by atoms with Crippen LogP contribution in [-0.2, 0) is 17.8 Å². The van der Waals surface area contributed by atoms with Crippen molar-refractivity contribution in [2.75, 3.05) is 60.0 Å². The fraction of sp³-hybridized carbons (Fsp3) is 0.333. The van der Waals surface area contributed by atoms with Gasteiger partial charge in [-0.2, -0.15) is 4.37 Å². The summed E-state index contributed by atoms with van der Waals surface area (Å²) in [4.78, 5) is 31.8. The molecule has 4 heterocycles. The van der Waals surface area contributed by atoms with Crippen molar-refractivity contribution in [3.05, 3.63) is 113 Å². The van der Waals surface area contributed by atoms with Crippen molar-refractivity contribution in [3.8, 4) is 45.6 Å². The number of allylic oxidation sites excluding steroid dienone is 1. The maximum atomic E-state index is 13.1. The molecule has 3 aromatic carbocycles. The molecule has 1 saturated heterocycles. The van der Waals surface area contributed by atoms with E-state index in [-0.39, 0.29) is 18.9 Å². The average molecular weight is 906 g/mol. The third-order valence-electron chi connectivity index (χ3n) is 10.9. The number of hydrogen-bond acceptors (Lipinski definition) is 14. The van der Waals surface area contributed by atoms with Crippen LogP contribution < -0.4 is 24.3 Å². The molecule has 0 radical (unpaired) electrons. The number of methoxy groups -OCH3 is 1. The van der Waals surface area contributed by atoms with Gasteiger partial charge < -0.3 is 39.7 Å². The van der Waals surface area contributed by atoms with E-state index < -0.39 is 12.1 Å². The van der Waals surface area contributed by atoms with Gasteiger partial charge in [0.05, 0.1) is 39.2 Å². The molecule has 14 nitrogen and oxygen atoms in total. The van der Waals surface area contributed by atoms with Crippen LogP contribution in [0.15, 0.2) is 85.3 Å². The molecule has 16 heteroatoms. The molecule has 0 spiro atoms. The number of piperazine rings is 1. The van der Waals surface area contributed by atoms with Gasteiger partial charge in [-0.15, -0.1) is 0 Å². The molecule has 1 aliphatic rings. The Hall–Kier alpha value is -6.13. The Kier molecular flexibility index (Phi) is 15.4. The lowest BCUT2D eigenvalue weighted by Crippen LogP contribution is -2.45. The first kappa shape index (κ1) is 45.9. The van der Waals surface area contributed by atoms with Gasteiger partial charge in [0.25, 0.3) is 0 Å². The molecular weight excluding hydrogens is 852 g/mol. The molecule has 334 valence electrons. The number of nitrogens with zero attached hydrogens (tertiary/aromatic N) is 6. The number of benzene rings is 3. The number of aromatic nitrogens is 4. The van der Waals surface area contributed by atoms with Crippen molar-refractivity contribution in [2.45, 2.75) is 39.9 Å². The highest BCUT2D eigenvalue weighted by molar-refractivity contribution is 7.13. The van der Waals surface area contributed by atoms with Crippen LogP contribution in [0, 0.1) is 18.3 Å². The lowest BCUT2D eigenvalue weighted by molar-refractivity contribution is -0.145. The number of hydrogen-bond donors (Lipinski definition) is 3. The van der Waals surface area contributed by atoms with Crippen LogP contribution in [-0.4, -0.2) is 113 Å². The van der Waals surface area contributed by atoms with E-state index in [0.29, 0.717) is 85.3 Å². The molecule has 64 heavy (non-hydrogen) atoms. The van der Waals surface area contributed by atoms with Crippen molar-refractivity contribution in [1.82, 2.24) is 34.4 Å². The molecule has 3 N–H and O–H groups in total. The predicted octanol–water partition coefficient (Wildman–Crippen LogP) is 8.30. The first-order valence-corrected chi connectivity index (χ1v) is 22.3. The second kappa shape index (κ2) is 21.5. The lowest BCUT2D eigenvalue weighted by atomic mass is 9.93. The predicted molar refractivity (Wildman–Crippen MR) is 252 cm³/mol. The van der Waals surface area contributed by atoms with Gasteiger partial charge in [-0.1, -0.05) is 61.8 Å². The van der Waals surface area contributed by atoms with Gasteiger partial charge in [0, 0.05) is 81.6 Å². The molecule has 1 fully saturated rings. The number of aliphatic carboxylic acids is 1. The highest BCUT2D eigenvalue weighted by Crippen LogP contribution is 2.45. The molecular formula is C48H53ClN8O6S. The van der Waals surface area contributed by atoms with Gasteiger partial charge in [0.1, 0.15) is 30.5 Å². The van der Waals surface area contributed by atoms with Gasteiger partial charge in [0.2, 0.25) is 12.0 Å². The Morgan fingerprint density at radius 2 is 1.75 bits per heavy atom. The van der Waals surface area contributed by atoms with Crippen molar-refractivity contribution in [1.29, 1.82) is 5.41 Å². The largest absolute Gasteiger partial charge is 0.496 e. The highest BCUT2D eigenvalue weighted by atomic mass is 35.5. The Labute approximate surface area is 382 Å². The first-order chi connectivity index (χ1) is 31.0. The monoisotopic (exact) mass is 904 g/mol. The molecule has 0 aliphatic carbocycles. The van der Waals surface area contributed by atoms with E-state index in [4.69, 9.17) is 45.9 Å². The second-order valence-corrected chi connectivity index (χ2v) is 17.1. The van der Waals surface area contributed by atoms with E-state index >= 15 is 0 Å². The highest BCUT2D eigenvalue weighted by Gasteiger charge is 2.28. The Bertz CT molecular complexity index is 2610. The fourth-order valence-corrected chi connectivity index (χ4v) is 8.28. The van der Waals surface area contributed by atoms with Crippen LogP contribution in [0.1, 0.15) is 36.4 Å². The van der Waals surface area contributed by atoms with E-state index in [1.807, 2.05) is 61.5 Å². The zero-order chi connectivity index (χ0) is 45.2. The van der Waals surface area contributed by atoms with Crippen LogP contribution >= 0.6 is 23.1 Å². The van der Waals surface area contributed by atoms with Crippen LogP contribution in [0.5, 0.6) is 23.1 Å². The second-order valence-electron chi connectivity index (χ2n) is 15.9. The van der Waals surface area contributed by atoms with E-state index in [9.17, 15) is 9.90 Å². The summed E-state index contributed by atoms with van der Waals surface area (Å²) in [6, 6.07) is 20.3. The van der Waals surface area contributed by atoms with Crippen LogP contribution in [0.3, 0.4) is 0 Å². The number of rotatable bonds is 20. The maximum Gasteiger partial charge on any atom is 0.345 e. The summed E-state index contributed by atoms with van der Waals surface area (Å²) in [7, 11) is 3.73. The van der Waals surface area contributed by atoms with Gasteiger partial charge >= 0.3 is 5.97 Å². The minimum atomic E-state index is -1.36. The number of halogens is 1. The number of carboxylic acids is 1. The third kappa shape index (κ3) is 11.0. The number of carboxylic acid groups (broad SMARTS) is 1. The van der Waals surface area contributed by atoms with Gasteiger partial charge in [0.15, 0.2) is 5.82 Å². The Balaban J connectivity index is 1.19. The van der Waals surface area contributed by atoms with Crippen LogP contribution in [0.25, 0.3) is 38.2 Å². The van der Waals surface area contributed by atoms with E-state index in [0.717, 1.165) is 60.9 Å². The summed E-state index contributed by atoms with van der Waals surface area (Å²) in [6.07, 6.45) is 4.96. The van der Waals surface area contributed by atoms with E-state index in [1.54, 1.807) is 37.8 Å². The first-order valence-electron chi connectivity index (χ1n) is 21.2. The third-order valence-corrected chi connectivity index (χ3v) is 12.2. The Morgan fingerprint density at radius 3 is 2.50 bits per heavy atom. The minimum Gasteiger partial charge on any atom is -0.496 e. The number of pyridine rings is 1. The van der Waals surface area contributed by atoms with Crippen LogP contribution in [0.4, 0.5) is 0 Å². The van der Waals surface area contributed by atoms with Crippen LogP contribution in [0.2, 0.25) is 5.02 Å². The average Bonchev–Trinajstić information content (AvgIpc) is 3.71. The molecule has 0 amide bonds. The van der Waals surface area contributed by atoms with Gasteiger partial charge in [-0.3, -0.25) is 9.88 Å². The lowest BCUT2D eigenvalue weighted by Gasteiger charge is -2.32. The molecule has 0 saturated carbocycles. The molecule has 7 rings (SSSR count). The summed E-state index contributed by atoms with van der Waals surface area (Å²) in [5.41, 5.74) is 5.04. The molecule has 6 aromatic rings. The number of ether oxygens (including phenoxy) is 4. The zero-order valence-corrected chi connectivity index (χ0v) is 38.2. The quantitative estimate of drug-likeness (QED) is 0.0627. The van der Waals surface area contributed by atoms with E-state index in [1.165, 1.54) is 6.21 Å². The summed E-state index contributed by atoms with van der Waals surface area (Å²) in [5.74, 6) is 1.48. The van der Waals surface area contributed by atoms with Crippen molar-refractivity contribution < 1.29 is 28.8 Å². The normalized spacial score (nSPS) is 14.1. The zero-order valence-electron chi connectivity index (χ0n) is 36.6. The summed E-state index contributed by atoms with van der Waals surface area (Å²) in [5, 5.41) is 23.4. The number of para-hydroxylation sites is 2. The summed E-state index contributed by atoms with van der Waals surface area (Å²) < 4.78 is 29.8. The molecule has 1 atom stereocenters. The maximum absolute atomic E-state index is 13.1. The number of fused-ring (bicyclic) bond motifs is 1. The summed E-state index contributed by atoms with van der Waals surface area (Å²) >= 11 is 8.25. The Morgan fingerprint density at radius 1 is 0.984 bits per heavy atom. The number of likely N-dealkylation sites (N-methyl/N-ethyl adjacent to an activating group) is 1. The smallest absolute Gasteiger partial charge is 0.345 e. The van der Waals surface area contributed by atoms with Gasteiger partial charge in [-0.05, 0) is 78.4 Å². The van der Waals surface area contributed by atoms with Crippen molar-refractivity contribution >= 4 is 51.0 Å². The summed E-state index contributed by atoms with van der Waals surface area (Å²) in [6.45, 7) is 12.2. The van der Waals surface area contributed by atoms with Crippen molar-refractivity contribution in [3.63, 3.8) is 0 Å². The molecule has 3 aromatic heterocycles. The molecule has 0 unspecified atom stereocenters.